The summed E-state index contributed by atoms with van der Waals surface area (Å²) in [5, 5.41) is 3.20. The minimum Gasteiger partial charge on any atom is -0.463 e. The van der Waals surface area contributed by atoms with Crippen molar-refractivity contribution in [2.24, 2.45) is 0 Å². The highest BCUT2D eigenvalue weighted by Gasteiger charge is 2.31. The normalized spacial score (nSPS) is 27.7. The lowest BCUT2D eigenvalue weighted by molar-refractivity contribution is -0.156. The molecule has 1 N–H and O–H groups in total. The van der Waals surface area contributed by atoms with E-state index in [2.05, 4.69) is 5.32 Å². The fourth-order valence-corrected chi connectivity index (χ4v) is 1.50. The zero-order chi connectivity index (χ0) is 10.6. The fourth-order valence-electron chi connectivity index (χ4n) is 1.50. The third kappa shape index (κ3) is 3.64. The largest absolute Gasteiger partial charge is 0.463 e. The molecule has 1 atom stereocenters. The smallest absolute Gasteiger partial charge is 0.309 e. The molecule has 0 spiro atoms. The van der Waals surface area contributed by atoms with Crippen molar-refractivity contribution in [1.29, 1.82) is 0 Å². The van der Waals surface area contributed by atoms with Crippen LogP contribution in [0.5, 0.6) is 0 Å². The molecule has 0 aromatic carbocycles. The highest BCUT2D eigenvalue weighted by molar-refractivity contribution is 5.70. The Bertz CT molecular complexity index is 198. The fraction of sp³-hybridized carbons (Fsp3) is 0.900. The Kier molecular flexibility index (Phi) is 3.89. The standard InChI is InChI=1S/C10H19NO3/c1-8(2)14-9(12)6-10(3)7-11-4-5-13-10/h8,11H,4-7H2,1-3H3. The zero-order valence-corrected chi connectivity index (χ0v) is 9.13. The Morgan fingerprint density at radius 2 is 2.36 bits per heavy atom. The van der Waals surface area contributed by atoms with Crippen LogP contribution in [0, 0.1) is 0 Å². The summed E-state index contributed by atoms with van der Waals surface area (Å²) in [6.45, 7) is 7.85. The lowest BCUT2D eigenvalue weighted by Crippen LogP contribution is -2.49. The number of carbonyl (C=O) groups excluding carboxylic acids is 1. The third-order valence-corrected chi connectivity index (χ3v) is 2.11. The predicted octanol–water partition coefficient (Wildman–Crippen LogP) is 0.707. The zero-order valence-electron chi connectivity index (χ0n) is 9.13. The van der Waals surface area contributed by atoms with E-state index in [0.717, 1.165) is 6.54 Å². The molecular formula is C10H19NO3. The van der Waals surface area contributed by atoms with Crippen LogP contribution in [0.25, 0.3) is 0 Å². The van der Waals surface area contributed by atoms with Crippen molar-refractivity contribution in [1.82, 2.24) is 5.32 Å². The van der Waals surface area contributed by atoms with Crippen LogP contribution in [0.15, 0.2) is 0 Å². The van der Waals surface area contributed by atoms with Crippen LogP contribution in [0.1, 0.15) is 27.2 Å². The molecule has 0 bridgehead atoms. The van der Waals surface area contributed by atoms with E-state index >= 15 is 0 Å². The average Bonchev–Trinajstić information content (AvgIpc) is 2.02. The molecule has 0 saturated carbocycles. The number of hydrogen-bond donors (Lipinski definition) is 1. The van der Waals surface area contributed by atoms with Gasteiger partial charge in [-0.3, -0.25) is 4.79 Å². The Hall–Kier alpha value is -0.610. The summed E-state index contributed by atoms with van der Waals surface area (Å²) in [4.78, 5) is 11.4. The molecule has 0 aliphatic carbocycles. The van der Waals surface area contributed by atoms with Crippen molar-refractivity contribution in [3.05, 3.63) is 0 Å². The maximum atomic E-state index is 11.4. The van der Waals surface area contributed by atoms with Gasteiger partial charge in [0.15, 0.2) is 0 Å². The summed E-state index contributed by atoms with van der Waals surface area (Å²) < 4.78 is 10.6. The molecule has 1 aliphatic rings. The Labute approximate surface area is 85.0 Å². The SMILES string of the molecule is CC(C)OC(=O)CC1(C)CNCCO1. The summed E-state index contributed by atoms with van der Waals surface area (Å²) >= 11 is 0. The molecule has 0 amide bonds. The van der Waals surface area contributed by atoms with Gasteiger partial charge in [-0.1, -0.05) is 0 Å². The number of nitrogens with one attached hydrogen (secondary N) is 1. The van der Waals surface area contributed by atoms with Gasteiger partial charge in [0.1, 0.15) is 0 Å². The van der Waals surface area contributed by atoms with Crippen LogP contribution in [0.3, 0.4) is 0 Å². The van der Waals surface area contributed by atoms with E-state index < -0.39 is 5.60 Å². The molecule has 14 heavy (non-hydrogen) atoms. The van der Waals surface area contributed by atoms with Crippen molar-refractivity contribution in [2.75, 3.05) is 19.7 Å². The van der Waals surface area contributed by atoms with Gasteiger partial charge in [0.2, 0.25) is 0 Å². The van der Waals surface area contributed by atoms with Crippen molar-refractivity contribution in [3.63, 3.8) is 0 Å². The van der Waals surface area contributed by atoms with Gasteiger partial charge < -0.3 is 14.8 Å². The average molecular weight is 201 g/mol. The maximum Gasteiger partial charge on any atom is 0.309 e. The first-order valence-corrected chi connectivity index (χ1v) is 5.06. The highest BCUT2D eigenvalue weighted by Crippen LogP contribution is 2.17. The Morgan fingerprint density at radius 1 is 1.64 bits per heavy atom. The molecule has 4 heteroatoms. The molecule has 0 aromatic rings. The van der Waals surface area contributed by atoms with Gasteiger partial charge in [0, 0.05) is 13.1 Å². The summed E-state index contributed by atoms with van der Waals surface area (Å²) in [6, 6.07) is 0. The second-order valence-electron chi connectivity index (χ2n) is 4.19. The second-order valence-corrected chi connectivity index (χ2v) is 4.19. The topological polar surface area (TPSA) is 47.6 Å². The number of morpholine rings is 1. The van der Waals surface area contributed by atoms with E-state index in [1.807, 2.05) is 20.8 Å². The molecule has 0 radical (unpaired) electrons. The van der Waals surface area contributed by atoms with E-state index in [9.17, 15) is 4.79 Å². The van der Waals surface area contributed by atoms with Crippen LogP contribution in [0.4, 0.5) is 0 Å². The molecule has 1 heterocycles. The highest BCUT2D eigenvalue weighted by atomic mass is 16.5. The minimum absolute atomic E-state index is 0.0531. The lowest BCUT2D eigenvalue weighted by Gasteiger charge is -2.33. The van der Waals surface area contributed by atoms with Crippen molar-refractivity contribution < 1.29 is 14.3 Å². The van der Waals surface area contributed by atoms with Gasteiger partial charge in [-0.2, -0.15) is 0 Å². The summed E-state index contributed by atoms with van der Waals surface area (Å²) in [7, 11) is 0. The van der Waals surface area contributed by atoms with Crippen LogP contribution in [-0.2, 0) is 14.3 Å². The van der Waals surface area contributed by atoms with Crippen molar-refractivity contribution in [3.8, 4) is 0 Å². The molecule has 1 saturated heterocycles. The third-order valence-electron chi connectivity index (χ3n) is 2.11. The summed E-state index contributed by atoms with van der Waals surface area (Å²) in [5.74, 6) is -0.189. The number of esters is 1. The molecular weight excluding hydrogens is 182 g/mol. The van der Waals surface area contributed by atoms with Crippen LogP contribution >= 0.6 is 0 Å². The van der Waals surface area contributed by atoms with Gasteiger partial charge >= 0.3 is 5.97 Å². The number of ether oxygens (including phenoxy) is 2. The first-order valence-electron chi connectivity index (χ1n) is 5.06. The van der Waals surface area contributed by atoms with E-state index in [1.54, 1.807) is 0 Å². The minimum atomic E-state index is -0.399. The molecule has 1 rings (SSSR count). The Morgan fingerprint density at radius 3 is 2.86 bits per heavy atom. The summed E-state index contributed by atoms with van der Waals surface area (Å²) in [6.07, 6.45) is 0.265. The lowest BCUT2D eigenvalue weighted by atomic mass is 10.0. The number of hydrogen-bond acceptors (Lipinski definition) is 4. The van der Waals surface area contributed by atoms with Gasteiger partial charge in [-0.25, -0.2) is 0 Å². The van der Waals surface area contributed by atoms with Gasteiger partial charge in [-0.05, 0) is 20.8 Å². The molecule has 82 valence electrons. The molecule has 0 aromatic heterocycles. The van der Waals surface area contributed by atoms with Crippen LogP contribution in [0.2, 0.25) is 0 Å². The second kappa shape index (κ2) is 4.75. The van der Waals surface area contributed by atoms with E-state index in [1.165, 1.54) is 0 Å². The van der Waals surface area contributed by atoms with E-state index in [4.69, 9.17) is 9.47 Å². The molecule has 1 unspecified atom stereocenters. The molecule has 1 fully saturated rings. The van der Waals surface area contributed by atoms with Crippen molar-refractivity contribution in [2.45, 2.75) is 38.9 Å². The monoisotopic (exact) mass is 201 g/mol. The molecule has 4 nitrogen and oxygen atoms in total. The van der Waals surface area contributed by atoms with Gasteiger partial charge in [0.25, 0.3) is 0 Å². The van der Waals surface area contributed by atoms with Gasteiger partial charge in [0.05, 0.1) is 24.7 Å². The van der Waals surface area contributed by atoms with E-state index in [-0.39, 0.29) is 12.1 Å². The number of rotatable bonds is 3. The van der Waals surface area contributed by atoms with Crippen molar-refractivity contribution >= 4 is 5.97 Å². The first-order chi connectivity index (χ1) is 6.52. The van der Waals surface area contributed by atoms with Crippen LogP contribution < -0.4 is 5.32 Å². The quantitative estimate of drug-likeness (QED) is 0.683. The Balaban J connectivity index is 2.37. The van der Waals surface area contributed by atoms with Gasteiger partial charge in [-0.15, -0.1) is 0 Å². The van der Waals surface area contributed by atoms with E-state index in [0.29, 0.717) is 19.6 Å². The maximum absolute atomic E-state index is 11.4. The predicted molar refractivity (Wildman–Crippen MR) is 53.1 cm³/mol. The van der Waals surface area contributed by atoms with Crippen LogP contribution in [-0.4, -0.2) is 37.4 Å². The first kappa shape index (κ1) is 11.5. The summed E-state index contributed by atoms with van der Waals surface area (Å²) in [5.41, 5.74) is -0.399. The molecule has 1 aliphatic heterocycles. The number of carbonyl (C=O) groups is 1.